The predicted molar refractivity (Wildman–Crippen MR) is 103 cm³/mol. The fourth-order valence-electron chi connectivity index (χ4n) is 3.35. The van der Waals surface area contributed by atoms with E-state index in [-0.39, 0.29) is 17.1 Å². The number of halogens is 2. The lowest BCUT2D eigenvalue weighted by Gasteiger charge is -2.36. The van der Waals surface area contributed by atoms with Gasteiger partial charge in [0, 0.05) is 29.2 Å². The first-order chi connectivity index (χ1) is 14.3. The third-order valence-electron chi connectivity index (χ3n) is 4.82. The number of aromatic amines is 1. The summed E-state index contributed by atoms with van der Waals surface area (Å²) < 4.78 is 23.9. The highest BCUT2D eigenvalue weighted by molar-refractivity contribution is 6.30. The maximum atomic E-state index is 14.7. The second-order valence-electron chi connectivity index (χ2n) is 6.58. The molecule has 1 aliphatic rings. The molecular formula is C19H20ClFN4O5. The molecule has 0 saturated heterocycles. The van der Waals surface area contributed by atoms with Crippen molar-refractivity contribution in [1.29, 1.82) is 0 Å². The average molecular weight is 439 g/mol. The van der Waals surface area contributed by atoms with Crippen LogP contribution in [-0.2, 0) is 25.5 Å². The average Bonchev–Trinajstić information content (AvgIpc) is 3.21. The predicted octanol–water partition coefficient (Wildman–Crippen LogP) is 1.96. The van der Waals surface area contributed by atoms with Crippen LogP contribution in [0.3, 0.4) is 0 Å². The number of ether oxygens (including phenoxy) is 2. The molecule has 2 N–H and O–H groups in total. The molecule has 0 saturated carbocycles. The topological polar surface area (TPSA) is 114 Å². The normalized spacial score (nSPS) is 16.4. The zero-order valence-corrected chi connectivity index (χ0v) is 17.0. The summed E-state index contributed by atoms with van der Waals surface area (Å²) in [5.41, 5.74) is 1.46. The van der Waals surface area contributed by atoms with Crippen molar-refractivity contribution in [2.45, 2.75) is 24.9 Å². The van der Waals surface area contributed by atoms with Gasteiger partial charge in [-0.2, -0.15) is 0 Å². The van der Waals surface area contributed by atoms with Crippen molar-refractivity contribution < 1.29 is 28.2 Å². The number of nitrogens with zero attached hydrogens (tertiary/aromatic N) is 2. The van der Waals surface area contributed by atoms with Crippen molar-refractivity contribution in [3.05, 3.63) is 52.3 Å². The number of imidazole rings is 1. The molecule has 0 fully saturated rings. The summed E-state index contributed by atoms with van der Waals surface area (Å²) in [5, 5.41) is 2.70. The van der Waals surface area contributed by atoms with E-state index in [0.29, 0.717) is 12.1 Å². The van der Waals surface area contributed by atoms with Crippen LogP contribution >= 0.6 is 11.6 Å². The maximum Gasteiger partial charge on any atom is 0.329 e. The number of H-pyrrole nitrogens is 1. The largest absolute Gasteiger partial charge is 0.469 e. The quantitative estimate of drug-likeness (QED) is 0.690. The van der Waals surface area contributed by atoms with E-state index in [4.69, 9.17) is 11.6 Å². The summed E-state index contributed by atoms with van der Waals surface area (Å²) in [4.78, 5) is 45.3. The summed E-state index contributed by atoms with van der Waals surface area (Å²) in [6.07, 6.45) is 1.52. The van der Waals surface area contributed by atoms with Crippen LogP contribution in [0.4, 0.5) is 9.18 Å². The number of esters is 2. The number of benzene rings is 1. The van der Waals surface area contributed by atoms with Crippen LogP contribution in [0.1, 0.15) is 29.4 Å². The lowest BCUT2D eigenvalue weighted by molar-refractivity contribution is -0.149. The number of urea groups is 1. The number of amides is 2. The SMILES string of the molecule is COC(=O)C[C@H](NC(=O)N1CCc2[nH]cnc2[C@H]1c1ccc(Cl)cc1F)C(=O)OC. The Bertz CT molecular complexity index is 966. The molecule has 0 aliphatic carbocycles. The van der Waals surface area contributed by atoms with Crippen LogP contribution < -0.4 is 5.32 Å². The first kappa shape index (κ1) is 21.6. The molecule has 2 aromatic rings. The summed E-state index contributed by atoms with van der Waals surface area (Å²) in [7, 11) is 2.31. The molecule has 2 amide bonds. The monoisotopic (exact) mass is 438 g/mol. The van der Waals surface area contributed by atoms with E-state index >= 15 is 0 Å². The number of hydrogen-bond donors (Lipinski definition) is 2. The molecule has 0 radical (unpaired) electrons. The van der Waals surface area contributed by atoms with Gasteiger partial charge in [-0.05, 0) is 12.1 Å². The van der Waals surface area contributed by atoms with Crippen LogP contribution in [0.25, 0.3) is 0 Å². The Hall–Kier alpha value is -3.14. The first-order valence-electron chi connectivity index (χ1n) is 9.04. The van der Waals surface area contributed by atoms with Crippen LogP contribution in [-0.4, -0.2) is 59.6 Å². The van der Waals surface area contributed by atoms with Gasteiger partial charge in [0.1, 0.15) is 17.9 Å². The van der Waals surface area contributed by atoms with Gasteiger partial charge in [-0.3, -0.25) is 4.79 Å². The minimum atomic E-state index is -1.26. The molecule has 0 bridgehead atoms. The molecule has 3 rings (SSSR count). The van der Waals surface area contributed by atoms with E-state index < -0.39 is 42.3 Å². The van der Waals surface area contributed by atoms with Crippen LogP contribution in [0.15, 0.2) is 24.5 Å². The highest BCUT2D eigenvalue weighted by atomic mass is 35.5. The highest BCUT2D eigenvalue weighted by Crippen LogP contribution is 2.35. The van der Waals surface area contributed by atoms with Crippen LogP contribution in [0, 0.1) is 5.82 Å². The summed E-state index contributed by atoms with van der Waals surface area (Å²) >= 11 is 5.87. The van der Waals surface area contributed by atoms with Crippen molar-refractivity contribution in [2.75, 3.05) is 20.8 Å². The zero-order chi connectivity index (χ0) is 21.8. The summed E-state index contributed by atoms with van der Waals surface area (Å²) in [5.74, 6) is -2.10. The third kappa shape index (κ3) is 4.38. The Balaban J connectivity index is 1.93. The first-order valence-corrected chi connectivity index (χ1v) is 9.42. The molecule has 1 aromatic carbocycles. The van der Waals surface area contributed by atoms with Crippen molar-refractivity contribution in [3.8, 4) is 0 Å². The Morgan fingerprint density at radius 1 is 1.37 bits per heavy atom. The number of carbonyl (C=O) groups is 3. The van der Waals surface area contributed by atoms with Gasteiger partial charge in [-0.1, -0.05) is 17.7 Å². The molecule has 11 heteroatoms. The lowest BCUT2D eigenvalue weighted by atomic mass is 9.95. The fourth-order valence-corrected chi connectivity index (χ4v) is 3.51. The second kappa shape index (κ2) is 9.12. The second-order valence-corrected chi connectivity index (χ2v) is 7.02. The lowest BCUT2D eigenvalue weighted by Crippen LogP contribution is -2.52. The van der Waals surface area contributed by atoms with E-state index in [2.05, 4.69) is 24.8 Å². The van der Waals surface area contributed by atoms with Crippen LogP contribution in [0.5, 0.6) is 0 Å². The van der Waals surface area contributed by atoms with Gasteiger partial charge in [-0.15, -0.1) is 0 Å². The van der Waals surface area contributed by atoms with Crippen molar-refractivity contribution in [1.82, 2.24) is 20.2 Å². The van der Waals surface area contributed by atoms with Crippen molar-refractivity contribution >= 4 is 29.6 Å². The molecular weight excluding hydrogens is 419 g/mol. The molecule has 1 aromatic heterocycles. The van der Waals surface area contributed by atoms with Crippen molar-refractivity contribution in [2.24, 2.45) is 0 Å². The number of hydrogen-bond acceptors (Lipinski definition) is 6. The minimum Gasteiger partial charge on any atom is -0.469 e. The van der Waals surface area contributed by atoms with E-state index in [1.54, 1.807) is 0 Å². The molecule has 0 unspecified atom stereocenters. The van der Waals surface area contributed by atoms with Gasteiger partial charge in [0.15, 0.2) is 0 Å². The minimum absolute atomic E-state index is 0.199. The molecule has 1 aliphatic heterocycles. The number of methoxy groups -OCH3 is 2. The Kier molecular flexibility index (Phi) is 6.56. The number of carbonyl (C=O) groups excluding carboxylic acids is 3. The van der Waals surface area contributed by atoms with Gasteiger partial charge >= 0.3 is 18.0 Å². The standard InChI is InChI=1S/C19H20ClFN4O5/c1-29-15(26)8-14(18(27)30-2)24-19(28)25-6-5-13-16(23-9-22-13)17(25)11-4-3-10(20)7-12(11)21/h3-4,7,9,14,17H,5-6,8H2,1-2H3,(H,22,23)(H,24,28)/t14-,17+/m0/s1. The highest BCUT2D eigenvalue weighted by Gasteiger charge is 2.37. The molecule has 0 spiro atoms. The number of aromatic nitrogens is 2. The van der Waals surface area contributed by atoms with Gasteiger partial charge in [0.2, 0.25) is 0 Å². The zero-order valence-electron chi connectivity index (χ0n) is 16.3. The molecule has 160 valence electrons. The van der Waals surface area contributed by atoms with Gasteiger partial charge in [-0.25, -0.2) is 19.0 Å². The number of rotatable bonds is 5. The van der Waals surface area contributed by atoms with Gasteiger partial charge < -0.3 is 24.7 Å². The number of fused-ring (bicyclic) bond motifs is 1. The Morgan fingerprint density at radius 2 is 2.13 bits per heavy atom. The van der Waals surface area contributed by atoms with Gasteiger partial charge in [0.05, 0.1) is 32.7 Å². The Morgan fingerprint density at radius 3 is 2.80 bits per heavy atom. The van der Waals surface area contributed by atoms with E-state index in [9.17, 15) is 18.8 Å². The maximum absolute atomic E-state index is 14.7. The molecule has 9 nitrogen and oxygen atoms in total. The Labute approximate surface area is 176 Å². The fraction of sp³-hybridized carbons (Fsp3) is 0.368. The molecule has 2 atom stereocenters. The smallest absolute Gasteiger partial charge is 0.329 e. The van der Waals surface area contributed by atoms with Crippen LogP contribution in [0.2, 0.25) is 5.02 Å². The van der Waals surface area contributed by atoms with Crippen molar-refractivity contribution in [3.63, 3.8) is 0 Å². The third-order valence-corrected chi connectivity index (χ3v) is 5.06. The molecule has 2 heterocycles. The van der Waals surface area contributed by atoms with Gasteiger partial charge in [0.25, 0.3) is 0 Å². The number of nitrogens with one attached hydrogen (secondary N) is 2. The van der Waals surface area contributed by atoms with E-state index in [1.807, 2.05) is 0 Å². The summed E-state index contributed by atoms with van der Waals surface area (Å²) in [6.45, 7) is 0.222. The van der Waals surface area contributed by atoms with E-state index in [0.717, 1.165) is 18.9 Å². The summed E-state index contributed by atoms with van der Waals surface area (Å²) in [6, 6.07) is 1.37. The van der Waals surface area contributed by atoms with E-state index in [1.165, 1.54) is 30.5 Å². The molecule has 30 heavy (non-hydrogen) atoms.